The van der Waals surface area contributed by atoms with Gasteiger partial charge in [-0.3, -0.25) is 4.90 Å². The number of hydrogen-bond donors (Lipinski definition) is 1. The summed E-state index contributed by atoms with van der Waals surface area (Å²) in [6, 6.07) is 24.3. The van der Waals surface area contributed by atoms with E-state index in [0.29, 0.717) is 13.2 Å². The standard InChI is InChI=1S/C25H30N2O3/c1-28-23-11-8-20(9-12-23)17-27(15-14-26)18-22-10-13-24(25(16-22)29-2)30-19-21-6-4-3-5-7-21/h3-13,16H,14-15,17-19,26H2,1-2H3. The summed E-state index contributed by atoms with van der Waals surface area (Å²) in [5.41, 5.74) is 9.35. The van der Waals surface area contributed by atoms with Gasteiger partial charge >= 0.3 is 0 Å². The number of hydrogen-bond acceptors (Lipinski definition) is 5. The van der Waals surface area contributed by atoms with E-state index in [-0.39, 0.29) is 0 Å². The molecule has 3 rings (SSSR count). The van der Waals surface area contributed by atoms with E-state index in [1.54, 1.807) is 14.2 Å². The monoisotopic (exact) mass is 406 g/mol. The minimum absolute atomic E-state index is 0.507. The number of rotatable bonds is 11. The van der Waals surface area contributed by atoms with E-state index in [9.17, 15) is 0 Å². The molecule has 3 aromatic carbocycles. The van der Waals surface area contributed by atoms with Crippen molar-refractivity contribution in [3.63, 3.8) is 0 Å². The maximum atomic E-state index is 5.97. The third kappa shape index (κ3) is 6.24. The molecule has 0 amide bonds. The fourth-order valence-electron chi connectivity index (χ4n) is 3.31. The van der Waals surface area contributed by atoms with Gasteiger partial charge in [-0.1, -0.05) is 48.5 Å². The highest BCUT2D eigenvalue weighted by Crippen LogP contribution is 2.29. The van der Waals surface area contributed by atoms with E-state index in [1.807, 2.05) is 54.6 Å². The lowest BCUT2D eigenvalue weighted by molar-refractivity contribution is 0.262. The van der Waals surface area contributed by atoms with E-state index < -0.39 is 0 Å². The molecule has 0 bridgehead atoms. The van der Waals surface area contributed by atoms with Gasteiger partial charge in [-0.15, -0.1) is 0 Å². The molecule has 0 heterocycles. The Bertz CT molecular complexity index is 898. The molecule has 0 fully saturated rings. The van der Waals surface area contributed by atoms with Gasteiger partial charge in [0.2, 0.25) is 0 Å². The van der Waals surface area contributed by atoms with E-state index in [0.717, 1.165) is 48.0 Å². The zero-order valence-corrected chi connectivity index (χ0v) is 17.7. The Hall–Kier alpha value is -3.02. The van der Waals surface area contributed by atoms with Crippen molar-refractivity contribution in [3.8, 4) is 17.2 Å². The number of ether oxygens (including phenoxy) is 3. The van der Waals surface area contributed by atoms with Crippen molar-refractivity contribution in [1.82, 2.24) is 4.90 Å². The van der Waals surface area contributed by atoms with Gasteiger partial charge in [0.25, 0.3) is 0 Å². The Balaban J connectivity index is 1.66. The van der Waals surface area contributed by atoms with Crippen molar-refractivity contribution in [3.05, 3.63) is 89.5 Å². The van der Waals surface area contributed by atoms with Crippen molar-refractivity contribution >= 4 is 0 Å². The highest BCUT2D eigenvalue weighted by molar-refractivity contribution is 5.43. The fraction of sp³-hybridized carbons (Fsp3) is 0.280. The van der Waals surface area contributed by atoms with Gasteiger partial charge in [-0.2, -0.15) is 0 Å². The summed E-state index contributed by atoms with van der Waals surface area (Å²) in [5.74, 6) is 2.34. The van der Waals surface area contributed by atoms with Crippen LogP contribution >= 0.6 is 0 Å². The van der Waals surface area contributed by atoms with E-state index in [4.69, 9.17) is 19.9 Å². The third-order valence-corrected chi connectivity index (χ3v) is 4.88. The van der Waals surface area contributed by atoms with Gasteiger partial charge in [-0.05, 0) is 41.0 Å². The van der Waals surface area contributed by atoms with Gasteiger partial charge in [0.05, 0.1) is 14.2 Å². The fourth-order valence-corrected chi connectivity index (χ4v) is 3.31. The molecular weight excluding hydrogens is 376 g/mol. The second kappa shape index (κ2) is 11.2. The summed E-state index contributed by atoms with van der Waals surface area (Å²) >= 11 is 0. The lowest BCUT2D eigenvalue weighted by Crippen LogP contribution is -2.28. The zero-order valence-electron chi connectivity index (χ0n) is 17.7. The molecule has 2 N–H and O–H groups in total. The molecule has 5 heteroatoms. The molecule has 5 nitrogen and oxygen atoms in total. The molecule has 0 unspecified atom stereocenters. The molecule has 0 saturated heterocycles. The first kappa shape index (κ1) is 21.7. The van der Waals surface area contributed by atoms with Crippen molar-refractivity contribution in [2.45, 2.75) is 19.7 Å². The van der Waals surface area contributed by atoms with Crippen molar-refractivity contribution in [2.24, 2.45) is 5.73 Å². The normalized spacial score (nSPS) is 10.8. The molecule has 3 aromatic rings. The number of nitrogens with zero attached hydrogens (tertiary/aromatic N) is 1. The quantitative estimate of drug-likeness (QED) is 0.516. The van der Waals surface area contributed by atoms with Crippen molar-refractivity contribution < 1.29 is 14.2 Å². The maximum Gasteiger partial charge on any atom is 0.161 e. The Morgan fingerprint density at radius 1 is 0.733 bits per heavy atom. The predicted molar refractivity (Wildman–Crippen MR) is 120 cm³/mol. The average Bonchev–Trinajstić information content (AvgIpc) is 2.79. The van der Waals surface area contributed by atoms with Crippen molar-refractivity contribution in [2.75, 3.05) is 27.3 Å². The smallest absolute Gasteiger partial charge is 0.161 e. The minimum atomic E-state index is 0.507. The SMILES string of the molecule is COc1ccc(CN(CCN)Cc2ccc(OCc3ccccc3)c(OC)c2)cc1. The van der Waals surface area contributed by atoms with Crippen LogP contribution in [0.15, 0.2) is 72.8 Å². The van der Waals surface area contributed by atoms with Crippen LogP contribution in [-0.2, 0) is 19.7 Å². The number of benzene rings is 3. The lowest BCUT2D eigenvalue weighted by Gasteiger charge is -2.22. The van der Waals surface area contributed by atoms with Crippen LogP contribution in [0.25, 0.3) is 0 Å². The second-order valence-electron chi connectivity index (χ2n) is 7.11. The van der Waals surface area contributed by atoms with E-state index in [2.05, 4.69) is 23.1 Å². The predicted octanol–water partition coefficient (Wildman–Crippen LogP) is 4.24. The molecule has 0 aliphatic heterocycles. The highest BCUT2D eigenvalue weighted by atomic mass is 16.5. The van der Waals surface area contributed by atoms with Crippen LogP contribution in [0.2, 0.25) is 0 Å². The molecule has 0 aliphatic rings. The maximum absolute atomic E-state index is 5.97. The number of nitrogens with two attached hydrogens (primary N) is 1. The molecule has 0 aromatic heterocycles. The minimum Gasteiger partial charge on any atom is -0.497 e. The van der Waals surface area contributed by atoms with Gasteiger partial charge in [0.1, 0.15) is 12.4 Å². The lowest BCUT2D eigenvalue weighted by atomic mass is 10.1. The van der Waals surface area contributed by atoms with Gasteiger partial charge < -0.3 is 19.9 Å². The van der Waals surface area contributed by atoms with Gasteiger partial charge in [0.15, 0.2) is 11.5 Å². The summed E-state index contributed by atoms with van der Waals surface area (Å²) in [6.07, 6.45) is 0. The summed E-state index contributed by atoms with van der Waals surface area (Å²) in [5, 5.41) is 0. The first-order chi connectivity index (χ1) is 14.7. The largest absolute Gasteiger partial charge is 0.497 e. The van der Waals surface area contributed by atoms with Crippen LogP contribution in [0.1, 0.15) is 16.7 Å². The van der Waals surface area contributed by atoms with E-state index >= 15 is 0 Å². The molecule has 0 spiro atoms. The second-order valence-corrected chi connectivity index (χ2v) is 7.11. The van der Waals surface area contributed by atoms with Gasteiger partial charge in [-0.25, -0.2) is 0 Å². The zero-order chi connectivity index (χ0) is 21.2. The molecule has 0 radical (unpaired) electrons. The highest BCUT2D eigenvalue weighted by Gasteiger charge is 2.11. The Labute approximate surface area is 179 Å². The van der Waals surface area contributed by atoms with E-state index in [1.165, 1.54) is 5.56 Å². The molecule has 0 atom stereocenters. The summed E-state index contributed by atoms with van der Waals surface area (Å²) < 4.78 is 16.8. The van der Waals surface area contributed by atoms with Crippen LogP contribution in [-0.4, -0.2) is 32.2 Å². The third-order valence-electron chi connectivity index (χ3n) is 4.88. The first-order valence-corrected chi connectivity index (χ1v) is 10.1. The molecule has 0 aliphatic carbocycles. The summed E-state index contributed by atoms with van der Waals surface area (Å²) in [4.78, 5) is 2.32. The molecule has 158 valence electrons. The summed E-state index contributed by atoms with van der Waals surface area (Å²) in [6.45, 7) is 3.51. The molecule has 0 saturated carbocycles. The Morgan fingerprint density at radius 2 is 1.43 bits per heavy atom. The Morgan fingerprint density at radius 3 is 2.10 bits per heavy atom. The van der Waals surface area contributed by atoms with Crippen LogP contribution in [0.3, 0.4) is 0 Å². The molecular formula is C25H30N2O3. The van der Waals surface area contributed by atoms with Gasteiger partial charge in [0, 0.05) is 26.2 Å². The molecule has 30 heavy (non-hydrogen) atoms. The first-order valence-electron chi connectivity index (χ1n) is 10.1. The van der Waals surface area contributed by atoms with Crippen LogP contribution in [0, 0.1) is 0 Å². The van der Waals surface area contributed by atoms with Crippen LogP contribution < -0.4 is 19.9 Å². The Kier molecular flexibility index (Phi) is 8.12. The van der Waals surface area contributed by atoms with Crippen LogP contribution in [0.4, 0.5) is 0 Å². The van der Waals surface area contributed by atoms with Crippen molar-refractivity contribution in [1.29, 1.82) is 0 Å². The number of methoxy groups -OCH3 is 2. The topological polar surface area (TPSA) is 57.0 Å². The van der Waals surface area contributed by atoms with Crippen LogP contribution in [0.5, 0.6) is 17.2 Å². The average molecular weight is 407 g/mol. The summed E-state index contributed by atoms with van der Waals surface area (Å²) in [7, 11) is 3.35.